The Hall–Kier alpha value is -0.863. The second-order valence-corrected chi connectivity index (χ2v) is 10.6. The fraction of sp³-hybridized carbons (Fsp3) is 0.467. The van der Waals surface area contributed by atoms with E-state index < -0.39 is 8.07 Å². The lowest BCUT2D eigenvalue weighted by molar-refractivity contribution is 0.285. The number of unbranched alkanes of at least 4 members (excludes halogenated alkanes) is 1. The Labute approximate surface area is 106 Å². The number of rotatable bonds is 6. The van der Waals surface area contributed by atoms with Crippen LogP contribution in [0.4, 0.5) is 0 Å². The first-order chi connectivity index (χ1) is 8.03. The van der Waals surface area contributed by atoms with Crippen molar-refractivity contribution in [2.24, 2.45) is 0 Å². The smallest absolute Gasteiger partial charge is 0.0690 e. The number of aliphatic hydroxyl groups is 1. The van der Waals surface area contributed by atoms with Crippen molar-refractivity contribution in [3.63, 3.8) is 0 Å². The number of allylic oxidation sites excluding steroid dienone is 1. The lowest BCUT2D eigenvalue weighted by Crippen LogP contribution is -2.16. The molecular formula is C15H24OSi. The zero-order chi connectivity index (χ0) is 12.7. The Bertz CT molecular complexity index is 349. The highest BCUT2D eigenvalue weighted by molar-refractivity contribution is 6.81. The van der Waals surface area contributed by atoms with E-state index in [0.717, 1.165) is 19.3 Å². The first kappa shape index (κ1) is 14.2. The largest absolute Gasteiger partial charge is 0.396 e. The maximum absolute atomic E-state index is 8.87. The molecule has 1 nitrogen and oxygen atoms in total. The van der Waals surface area contributed by atoms with E-state index in [0.29, 0.717) is 6.61 Å². The van der Waals surface area contributed by atoms with Crippen molar-refractivity contribution in [3.05, 3.63) is 41.6 Å². The van der Waals surface area contributed by atoms with Gasteiger partial charge in [0.15, 0.2) is 0 Å². The molecule has 0 aliphatic rings. The van der Waals surface area contributed by atoms with Crippen LogP contribution in [-0.2, 0) is 0 Å². The minimum absolute atomic E-state index is 0.301. The van der Waals surface area contributed by atoms with Crippen LogP contribution in [0, 0.1) is 0 Å². The summed E-state index contributed by atoms with van der Waals surface area (Å²) in [5, 5.41) is 8.87. The van der Waals surface area contributed by atoms with E-state index >= 15 is 0 Å². The highest BCUT2D eigenvalue weighted by atomic mass is 28.3. The summed E-state index contributed by atoms with van der Waals surface area (Å²) >= 11 is 0. The summed E-state index contributed by atoms with van der Waals surface area (Å²) in [5.41, 5.74) is 5.28. The van der Waals surface area contributed by atoms with Crippen LogP contribution in [0.5, 0.6) is 0 Å². The predicted octanol–water partition coefficient (Wildman–Crippen LogP) is 4.11. The summed E-state index contributed by atoms with van der Waals surface area (Å²) in [6.45, 7) is 7.39. The van der Waals surface area contributed by atoms with Crippen LogP contribution in [-0.4, -0.2) is 19.8 Å². The van der Waals surface area contributed by atoms with Gasteiger partial charge < -0.3 is 5.11 Å². The molecule has 0 bridgehead atoms. The molecule has 0 aliphatic carbocycles. The minimum Gasteiger partial charge on any atom is -0.396 e. The molecule has 94 valence electrons. The van der Waals surface area contributed by atoms with Crippen molar-refractivity contribution in [1.82, 2.24) is 0 Å². The van der Waals surface area contributed by atoms with Crippen LogP contribution in [0.1, 0.15) is 24.8 Å². The molecule has 1 rings (SSSR count). The Morgan fingerprint density at radius 1 is 1.12 bits per heavy atom. The van der Waals surface area contributed by atoms with Gasteiger partial charge in [-0.2, -0.15) is 0 Å². The highest BCUT2D eigenvalue weighted by Gasteiger charge is 2.11. The molecule has 0 aromatic heterocycles. The standard InChI is InChI=1S/C15H24OSi/c1-17(2,3)13-15(11-7-8-12-16)14-9-5-4-6-10-14/h4-6,9-10,13,16H,7-8,11-12H2,1-3H3/b15-13-. The van der Waals surface area contributed by atoms with E-state index in [1.54, 1.807) is 0 Å². The molecule has 0 spiro atoms. The summed E-state index contributed by atoms with van der Waals surface area (Å²) in [7, 11) is -1.19. The molecule has 0 aliphatic heterocycles. The van der Waals surface area contributed by atoms with E-state index in [4.69, 9.17) is 5.11 Å². The third-order valence-corrected chi connectivity index (χ3v) is 3.82. The second-order valence-electron chi connectivity index (χ2n) is 5.58. The van der Waals surface area contributed by atoms with Crippen molar-refractivity contribution < 1.29 is 5.11 Å². The Morgan fingerprint density at radius 3 is 2.29 bits per heavy atom. The van der Waals surface area contributed by atoms with Crippen molar-refractivity contribution in [1.29, 1.82) is 0 Å². The molecule has 1 N–H and O–H groups in total. The summed E-state index contributed by atoms with van der Waals surface area (Å²) < 4.78 is 0. The van der Waals surface area contributed by atoms with E-state index in [2.05, 4.69) is 55.7 Å². The molecule has 1 aromatic rings. The van der Waals surface area contributed by atoms with Crippen LogP contribution >= 0.6 is 0 Å². The van der Waals surface area contributed by atoms with Gasteiger partial charge in [-0.1, -0.05) is 55.7 Å². The van der Waals surface area contributed by atoms with E-state index in [1.807, 2.05) is 0 Å². The van der Waals surface area contributed by atoms with Gasteiger partial charge in [0.05, 0.1) is 8.07 Å². The van der Waals surface area contributed by atoms with Crippen LogP contribution in [0.2, 0.25) is 19.6 Å². The number of hydrogen-bond donors (Lipinski definition) is 1. The molecule has 0 amide bonds. The first-order valence-corrected chi connectivity index (χ1v) is 9.99. The van der Waals surface area contributed by atoms with Gasteiger partial charge in [-0.15, -0.1) is 0 Å². The zero-order valence-electron chi connectivity index (χ0n) is 11.2. The SMILES string of the molecule is C[Si](C)(C)/C=C(/CCCCO)c1ccccc1. The molecule has 0 atom stereocenters. The normalized spacial score (nSPS) is 12.8. The van der Waals surface area contributed by atoms with Gasteiger partial charge in [0.25, 0.3) is 0 Å². The lowest BCUT2D eigenvalue weighted by atomic mass is 10.0. The molecule has 0 saturated carbocycles. The van der Waals surface area contributed by atoms with Gasteiger partial charge in [-0.3, -0.25) is 0 Å². The van der Waals surface area contributed by atoms with Crippen molar-refractivity contribution >= 4 is 13.6 Å². The lowest BCUT2D eigenvalue weighted by Gasteiger charge is -2.15. The topological polar surface area (TPSA) is 20.2 Å². The minimum atomic E-state index is -1.19. The fourth-order valence-corrected chi connectivity index (χ4v) is 3.26. The number of benzene rings is 1. The van der Waals surface area contributed by atoms with Gasteiger partial charge in [0.2, 0.25) is 0 Å². The third kappa shape index (κ3) is 5.85. The molecular weight excluding hydrogens is 224 g/mol. The van der Waals surface area contributed by atoms with E-state index in [9.17, 15) is 0 Å². The molecule has 0 unspecified atom stereocenters. The second kappa shape index (κ2) is 6.77. The Kier molecular flexibility index (Phi) is 5.66. The third-order valence-electron chi connectivity index (χ3n) is 2.61. The number of hydrogen-bond acceptors (Lipinski definition) is 1. The molecule has 0 fully saturated rings. The Morgan fingerprint density at radius 2 is 1.76 bits per heavy atom. The van der Waals surface area contributed by atoms with Gasteiger partial charge in [0.1, 0.15) is 0 Å². The van der Waals surface area contributed by atoms with Crippen LogP contribution in [0.3, 0.4) is 0 Å². The molecule has 17 heavy (non-hydrogen) atoms. The molecule has 0 radical (unpaired) electrons. The Balaban J connectivity index is 2.84. The quantitative estimate of drug-likeness (QED) is 0.593. The van der Waals surface area contributed by atoms with E-state index in [1.165, 1.54) is 11.1 Å². The molecule has 0 heterocycles. The van der Waals surface area contributed by atoms with E-state index in [-0.39, 0.29) is 0 Å². The van der Waals surface area contributed by atoms with Crippen molar-refractivity contribution in [2.45, 2.75) is 38.9 Å². The molecule has 0 saturated heterocycles. The van der Waals surface area contributed by atoms with Crippen LogP contribution in [0.15, 0.2) is 36.0 Å². The average Bonchev–Trinajstić information content (AvgIpc) is 2.28. The fourth-order valence-electron chi connectivity index (χ4n) is 1.90. The van der Waals surface area contributed by atoms with Gasteiger partial charge in [-0.25, -0.2) is 0 Å². The van der Waals surface area contributed by atoms with Gasteiger partial charge in [0, 0.05) is 6.61 Å². The summed E-state index contributed by atoms with van der Waals surface area (Å²) in [6.07, 6.45) is 3.05. The van der Waals surface area contributed by atoms with Crippen molar-refractivity contribution in [3.8, 4) is 0 Å². The van der Waals surface area contributed by atoms with Gasteiger partial charge >= 0.3 is 0 Å². The predicted molar refractivity (Wildman–Crippen MR) is 78.7 cm³/mol. The highest BCUT2D eigenvalue weighted by Crippen LogP contribution is 2.23. The summed E-state index contributed by atoms with van der Waals surface area (Å²) in [4.78, 5) is 0. The average molecular weight is 248 g/mol. The first-order valence-electron chi connectivity index (χ1n) is 6.41. The van der Waals surface area contributed by atoms with Crippen LogP contribution < -0.4 is 0 Å². The summed E-state index contributed by atoms with van der Waals surface area (Å²) in [6, 6.07) is 10.6. The molecule has 1 aromatic carbocycles. The van der Waals surface area contributed by atoms with Crippen molar-refractivity contribution in [2.75, 3.05) is 6.61 Å². The molecule has 2 heteroatoms. The maximum Gasteiger partial charge on any atom is 0.0690 e. The number of aliphatic hydroxyl groups excluding tert-OH is 1. The van der Waals surface area contributed by atoms with Crippen LogP contribution in [0.25, 0.3) is 5.57 Å². The monoisotopic (exact) mass is 248 g/mol. The van der Waals surface area contributed by atoms with Gasteiger partial charge in [-0.05, 0) is 30.4 Å². The zero-order valence-corrected chi connectivity index (χ0v) is 12.2. The maximum atomic E-state index is 8.87. The summed E-state index contributed by atoms with van der Waals surface area (Å²) in [5.74, 6) is 0.